The Balaban J connectivity index is 1.83. The summed E-state index contributed by atoms with van der Waals surface area (Å²) in [4.78, 5) is 14.7. The lowest BCUT2D eigenvalue weighted by atomic mass is 10.2. The van der Waals surface area contributed by atoms with Crippen LogP contribution in [0.1, 0.15) is 16.8 Å². The Bertz CT molecular complexity index is 558. The van der Waals surface area contributed by atoms with Crippen LogP contribution in [0.15, 0.2) is 24.7 Å². The summed E-state index contributed by atoms with van der Waals surface area (Å²) >= 11 is 0. The minimum Gasteiger partial charge on any atom is -0.352 e. The lowest BCUT2D eigenvalue weighted by Crippen LogP contribution is -2.26. The van der Waals surface area contributed by atoms with Gasteiger partial charge in [-0.3, -0.25) is 9.48 Å². The molecule has 2 rings (SSSR count). The molecular weight excluding hydrogens is 256 g/mol. The van der Waals surface area contributed by atoms with Gasteiger partial charge in [-0.2, -0.15) is 4.39 Å². The smallest absolute Gasteiger partial charge is 0.254 e. The lowest BCUT2D eigenvalue weighted by Gasteiger charge is -2.06. The summed E-state index contributed by atoms with van der Waals surface area (Å²) in [5.41, 5.74) is -0.353. The molecular formula is C11H11F2N5O. The molecule has 0 spiro atoms. The van der Waals surface area contributed by atoms with Gasteiger partial charge in [0.2, 0.25) is 5.95 Å². The van der Waals surface area contributed by atoms with Crippen molar-refractivity contribution in [3.8, 4) is 0 Å². The van der Waals surface area contributed by atoms with Gasteiger partial charge in [-0.25, -0.2) is 9.37 Å². The number of nitrogens with zero attached hydrogens (tertiary/aromatic N) is 4. The summed E-state index contributed by atoms with van der Waals surface area (Å²) in [5.74, 6) is -3.19. The molecule has 0 aliphatic heterocycles. The van der Waals surface area contributed by atoms with Crippen molar-refractivity contribution >= 4 is 5.91 Å². The van der Waals surface area contributed by atoms with Gasteiger partial charge in [0.15, 0.2) is 5.82 Å². The first-order chi connectivity index (χ1) is 9.18. The number of amides is 1. The fraction of sp³-hybridized carbons (Fsp3) is 0.273. The summed E-state index contributed by atoms with van der Waals surface area (Å²) < 4.78 is 27.7. The molecule has 0 aliphatic carbocycles. The molecule has 8 heteroatoms. The van der Waals surface area contributed by atoms with E-state index in [1.54, 1.807) is 17.1 Å². The highest BCUT2D eigenvalue weighted by molar-refractivity contribution is 5.94. The monoisotopic (exact) mass is 267 g/mol. The zero-order valence-corrected chi connectivity index (χ0v) is 9.88. The number of pyridine rings is 1. The predicted molar refractivity (Wildman–Crippen MR) is 61.1 cm³/mol. The molecule has 1 amide bonds. The average Bonchev–Trinajstić information content (AvgIpc) is 2.91. The van der Waals surface area contributed by atoms with Crippen molar-refractivity contribution in [2.75, 3.05) is 6.54 Å². The van der Waals surface area contributed by atoms with Crippen LogP contribution in [0.2, 0.25) is 0 Å². The minimum atomic E-state index is -1.28. The first-order valence-electron chi connectivity index (χ1n) is 5.61. The summed E-state index contributed by atoms with van der Waals surface area (Å²) in [6.07, 6.45) is 4.89. The zero-order chi connectivity index (χ0) is 13.7. The summed E-state index contributed by atoms with van der Waals surface area (Å²) in [7, 11) is 0. The fourth-order valence-electron chi connectivity index (χ4n) is 1.48. The van der Waals surface area contributed by atoms with Crippen LogP contribution in [0.5, 0.6) is 0 Å². The Hall–Kier alpha value is -2.38. The predicted octanol–water partition coefficient (Wildman–Crippen LogP) is 0.771. The van der Waals surface area contributed by atoms with E-state index in [-0.39, 0.29) is 5.56 Å². The first kappa shape index (κ1) is 13.1. The molecule has 2 aromatic heterocycles. The lowest BCUT2D eigenvalue weighted by molar-refractivity contribution is 0.0947. The van der Waals surface area contributed by atoms with Gasteiger partial charge in [0.1, 0.15) is 0 Å². The van der Waals surface area contributed by atoms with E-state index in [0.29, 0.717) is 19.5 Å². The Morgan fingerprint density at radius 2 is 2.21 bits per heavy atom. The number of aromatic nitrogens is 4. The van der Waals surface area contributed by atoms with Crippen LogP contribution < -0.4 is 5.32 Å². The van der Waals surface area contributed by atoms with E-state index in [0.717, 1.165) is 12.3 Å². The molecule has 2 heterocycles. The van der Waals surface area contributed by atoms with Gasteiger partial charge < -0.3 is 5.32 Å². The summed E-state index contributed by atoms with van der Waals surface area (Å²) in [5, 5.41) is 9.88. The van der Waals surface area contributed by atoms with Gasteiger partial charge in [-0.15, -0.1) is 5.10 Å². The molecule has 2 aromatic rings. The van der Waals surface area contributed by atoms with E-state index in [1.165, 1.54) is 0 Å². The Morgan fingerprint density at radius 3 is 2.95 bits per heavy atom. The number of hydrogen-bond donors (Lipinski definition) is 1. The largest absolute Gasteiger partial charge is 0.352 e. The third-order valence-corrected chi connectivity index (χ3v) is 2.41. The van der Waals surface area contributed by atoms with Crippen LogP contribution in [0, 0.1) is 11.8 Å². The van der Waals surface area contributed by atoms with Crippen molar-refractivity contribution < 1.29 is 13.6 Å². The van der Waals surface area contributed by atoms with Crippen molar-refractivity contribution in [2.24, 2.45) is 0 Å². The second-order valence-electron chi connectivity index (χ2n) is 3.74. The Labute approximate surface area is 107 Å². The van der Waals surface area contributed by atoms with Crippen LogP contribution in [0.3, 0.4) is 0 Å². The molecule has 0 fully saturated rings. The number of carbonyl (C=O) groups excluding carboxylic acids is 1. The van der Waals surface area contributed by atoms with Crippen molar-refractivity contribution in [2.45, 2.75) is 13.0 Å². The normalized spacial score (nSPS) is 10.4. The highest BCUT2D eigenvalue weighted by Gasteiger charge is 2.15. The van der Waals surface area contributed by atoms with Crippen LogP contribution in [0.25, 0.3) is 0 Å². The molecule has 0 saturated heterocycles. The third-order valence-electron chi connectivity index (χ3n) is 2.41. The third kappa shape index (κ3) is 3.30. The van der Waals surface area contributed by atoms with E-state index >= 15 is 0 Å². The highest BCUT2D eigenvalue weighted by Crippen LogP contribution is 2.08. The molecule has 1 N–H and O–H groups in total. The number of carbonyl (C=O) groups is 1. The van der Waals surface area contributed by atoms with E-state index in [4.69, 9.17) is 0 Å². The Morgan fingerprint density at radius 1 is 1.37 bits per heavy atom. The second-order valence-corrected chi connectivity index (χ2v) is 3.74. The van der Waals surface area contributed by atoms with Gasteiger partial charge in [-0.05, 0) is 12.5 Å². The quantitative estimate of drug-likeness (QED) is 0.641. The van der Waals surface area contributed by atoms with E-state index in [9.17, 15) is 13.6 Å². The number of halogens is 2. The standard InChI is InChI=1S/C11H11F2N5O/c12-9-8(2-4-14-10(9)13)11(19)15-3-1-6-18-7-5-16-17-18/h2,4-5,7H,1,3,6H2,(H,15,19). The maximum atomic E-state index is 13.3. The van der Waals surface area contributed by atoms with Crippen molar-refractivity contribution in [1.29, 1.82) is 0 Å². The van der Waals surface area contributed by atoms with Gasteiger partial charge >= 0.3 is 0 Å². The number of rotatable bonds is 5. The van der Waals surface area contributed by atoms with Gasteiger partial charge in [-0.1, -0.05) is 5.21 Å². The molecule has 0 aromatic carbocycles. The number of aryl methyl sites for hydroxylation is 1. The van der Waals surface area contributed by atoms with Gasteiger partial charge in [0.05, 0.1) is 11.8 Å². The molecule has 19 heavy (non-hydrogen) atoms. The molecule has 100 valence electrons. The molecule has 0 saturated carbocycles. The molecule has 0 aliphatic rings. The van der Waals surface area contributed by atoms with Gasteiger partial charge in [0, 0.05) is 25.5 Å². The number of nitrogens with one attached hydrogen (secondary N) is 1. The molecule has 0 atom stereocenters. The van der Waals surface area contributed by atoms with Crippen LogP contribution >= 0.6 is 0 Å². The van der Waals surface area contributed by atoms with Crippen molar-refractivity contribution in [1.82, 2.24) is 25.3 Å². The highest BCUT2D eigenvalue weighted by atomic mass is 19.2. The molecule has 0 bridgehead atoms. The maximum Gasteiger partial charge on any atom is 0.254 e. The van der Waals surface area contributed by atoms with Crippen LogP contribution in [-0.2, 0) is 6.54 Å². The molecule has 6 nitrogen and oxygen atoms in total. The van der Waals surface area contributed by atoms with Crippen LogP contribution in [-0.4, -0.2) is 32.4 Å². The first-order valence-corrected chi connectivity index (χ1v) is 5.61. The second kappa shape index (κ2) is 5.98. The van der Waals surface area contributed by atoms with Gasteiger partial charge in [0.25, 0.3) is 5.91 Å². The SMILES string of the molecule is O=C(NCCCn1ccnn1)c1ccnc(F)c1F. The fourth-order valence-corrected chi connectivity index (χ4v) is 1.48. The van der Waals surface area contributed by atoms with Crippen molar-refractivity contribution in [3.63, 3.8) is 0 Å². The average molecular weight is 267 g/mol. The topological polar surface area (TPSA) is 72.7 Å². The summed E-state index contributed by atoms with van der Waals surface area (Å²) in [6.45, 7) is 0.898. The van der Waals surface area contributed by atoms with E-state index in [2.05, 4.69) is 20.6 Å². The van der Waals surface area contributed by atoms with E-state index < -0.39 is 17.7 Å². The molecule has 0 unspecified atom stereocenters. The minimum absolute atomic E-state index is 0.322. The Kier molecular flexibility index (Phi) is 4.11. The zero-order valence-electron chi connectivity index (χ0n) is 9.88. The van der Waals surface area contributed by atoms with Crippen molar-refractivity contribution in [3.05, 3.63) is 42.0 Å². The number of hydrogen-bond acceptors (Lipinski definition) is 4. The van der Waals surface area contributed by atoms with E-state index in [1.807, 2.05) is 0 Å². The summed E-state index contributed by atoms with van der Waals surface area (Å²) in [6, 6.07) is 1.13. The maximum absolute atomic E-state index is 13.3. The van der Waals surface area contributed by atoms with Crippen LogP contribution in [0.4, 0.5) is 8.78 Å². The molecule has 0 radical (unpaired) electrons.